The van der Waals surface area contributed by atoms with Crippen molar-refractivity contribution >= 4 is 29.1 Å². The highest BCUT2D eigenvalue weighted by molar-refractivity contribution is 6.31. The normalized spacial score (nSPS) is 13.6. The first kappa shape index (κ1) is 20.4. The minimum absolute atomic E-state index is 0.0554. The van der Waals surface area contributed by atoms with Crippen LogP contribution in [0, 0.1) is 5.92 Å². The van der Waals surface area contributed by atoms with Crippen LogP contribution in [0.3, 0.4) is 0 Å². The third-order valence-electron chi connectivity index (χ3n) is 5.09. The topological polar surface area (TPSA) is 75.4 Å². The highest BCUT2D eigenvalue weighted by atomic mass is 35.5. The van der Waals surface area contributed by atoms with Crippen LogP contribution < -0.4 is 11.1 Å². The van der Waals surface area contributed by atoms with Crippen molar-refractivity contribution in [1.82, 2.24) is 4.90 Å². The zero-order valence-electron chi connectivity index (χ0n) is 15.9. The number of benzene rings is 2. The molecule has 2 aromatic rings. The number of halogens is 1. The minimum Gasteiger partial charge on any atom is -0.334 e. The summed E-state index contributed by atoms with van der Waals surface area (Å²) in [5, 5.41) is 3.54. The van der Waals surface area contributed by atoms with Gasteiger partial charge in [0, 0.05) is 35.3 Å². The molecule has 0 atom stereocenters. The zero-order chi connectivity index (χ0) is 19.9. The van der Waals surface area contributed by atoms with Crippen molar-refractivity contribution in [2.75, 3.05) is 18.4 Å². The van der Waals surface area contributed by atoms with Gasteiger partial charge in [-0.2, -0.15) is 0 Å². The van der Waals surface area contributed by atoms with Gasteiger partial charge >= 0.3 is 0 Å². The number of amides is 2. The fourth-order valence-electron chi connectivity index (χ4n) is 3.19. The summed E-state index contributed by atoms with van der Waals surface area (Å²) in [6.45, 7) is 1.41. The van der Waals surface area contributed by atoms with E-state index >= 15 is 0 Å². The Kier molecular flexibility index (Phi) is 7.06. The van der Waals surface area contributed by atoms with Crippen LogP contribution in [0.1, 0.15) is 41.6 Å². The Morgan fingerprint density at radius 1 is 1.14 bits per heavy atom. The van der Waals surface area contributed by atoms with E-state index in [9.17, 15) is 9.59 Å². The van der Waals surface area contributed by atoms with Crippen LogP contribution in [0.2, 0.25) is 5.02 Å². The average Bonchev–Trinajstić information content (AvgIpc) is 2.66. The highest BCUT2D eigenvalue weighted by Gasteiger charge is 2.25. The molecule has 2 amide bonds. The number of hydrogen-bond acceptors (Lipinski definition) is 3. The van der Waals surface area contributed by atoms with E-state index < -0.39 is 0 Å². The van der Waals surface area contributed by atoms with E-state index in [2.05, 4.69) is 5.32 Å². The van der Waals surface area contributed by atoms with Gasteiger partial charge in [0.05, 0.1) is 0 Å². The first-order valence-corrected chi connectivity index (χ1v) is 10.1. The maximum Gasteiger partial charge on any atom is 0.254 e. The Labute approximate surface area is 170 Å². The maximum absolute atomic E-state index is 12.9. The van der Waals surface area contributed by atoms with Gasteiger partial charge in [-0.05, 0) is 61.7 Å². The summed E-state index contributed by atoms with van der Waals surface area (Å²) in [7, 11) is 0. The van der Waals surface area contributed by atoms with Gasteiger partial charge < -0.3 is 16.0 Å². The molecule has 2 aromatic carbocycles. The molecular formula is C22H26ClN3O2. The van der Waals surface area contributed by atoms with E-state index in [1.807, 2.05) is 24.3 Å². The first-order valence-electron chi connectivity index (χ1n) is 9.72. The number of carbonyl (C=O) groups is 2. The lowest BCUT2D eigenvalue weighted by Crippen LogP contribution is -2.32. The van der Waals surface area contributed by atoms with E-state index in [1.165, 1.54) is 0 Å². The Morgan fingerprint density at radius 2 is 1.89 bits per heavy atom. The predicted octanol–water partition coefficient (Wildman–Crippen LogP) is 4.07. The summed E-state index contributed by atoms with van der Waals surface area (Å²) < 4.78 is 0. The molecule has 0 bridgehead atoms. The predicted molar refractivity (Wildman–Crippen MR) is 112 cm³/mol. The average molecular weight is 400 g/mol. The van der Waals surface area contributed by atoms with Crippen molar-refractivity contribution in [1.29, 1.82) is 0 Å². The largest absolute Gasteiger partial charge is 0.334 e. The van der Waals surface area contributed by atoms with Crippen molar-refractivity contribution in [3.63, 3.8) is 0 Å². The van der Waals surface area contributed by atoms with Crippen LogP contribution in [0.5, 0.6) is 0 Å². The van der Waals surface area contributed by atoms with Gasteiger partial charge in [-0.25, -0.2) is 0 Å². The van der Waals surface area contributed by atoms with Crippen LogP contribution >= 0.6 is 11.6 Å². The number of hydrogen-bond donors (Lipinski definition) is 2. The summed E-state index contributed by atoms with van der Waals surface area (Å²) in [6.07, 6.45) is 3.71. The molecule has 5 nitrogen and oxygen atoms in total. The lowest BCUT2D eigenvalue weighted by atomic mass is 9.85. The quantitative estimate of drug-likeness (QED) is 0.702. The van der Waals surface area contributed by atoms with Gasteiger partial charge in [0.25, 0.3) is 5.91 Å². The second-order valence-corrected chi connectivity index (χ2v) is 7.57. The molecule has 1 fully saturated rings. The standard InChI is InChI=1S/C22H26ClN3O2/c23-20-11-10-19(25-21(27)16-8-4-9-16)14-18(20)15-26(13-5-12-24)22(28)17-6-2-1-3-7-17/h1-3,6-7,10-11,14,16H,4-5,8-9,12-13,15,24H2,(H,25,27). The molecule has 0 heterocycles. The van der Waals surface area contributed by atoms with Gasteiger partial charge in [-0.15, -0.1) is 0 Å². The SMILES string of the molecule is NCCCN(Cc1cc(NC(=O)C2CCC2)ccc1Cl)C(=O)c1ccccc1. The molecule has 148 valence electrons. The summed E-state index contributed by atoms with van der Waals surface area (Å²) in [5.74, 6) is 0.105. The van der Waals surface area contributed by atoms with E-state index in [0.717, 1.165) is 24.8 Å². The fourth-order valence-corrected chi connectivity index (χ4v) is 3.37. The van der Waals surface area contributed by atoms with Crippen molar-refractivity contribution in [2.45, 2.75) is 32.2 Å². The van der Waals surface area contributed by atoms with E-state index in [4.69, 9.17) is 17.3 Å². The second kappa shape index (κ2) is 9.71. The Morgan fingerprint density at radius 3 is 2.54 bits per heavy atom. The number of anilines is 1. The highest BCUT2D eigenvalue weighted by Crippen LogP contribution is 2.29. The summed E-state index contributed by atoms with van der Waals surface area (Å²) in [4.78, 5) is 26.9. The molecule has 3 N–H and O–H groups in total. The summed E-state index contributed by atoms with van der Waals surface area (Å²) in [5.41, 5.74) is 7.79. The monoisotopic (exact) mass is 399 g/mol. The first-order chi connectivity index (χ1) is 13.6. The minimum atomic E-state index is -0.0611. The molecule has 1 aliphatic carbocycles. The van der Waals surface area contributed by atoms with Crippen LogP contribution in [-0.2, 0) is 11.3 Å². The molecule has 1 saturated carbocycles. The van der Waals surface area contributed by atoms with Crippen LogP contribution in [0.25, 0.3) is 0 Å². The van der Waals surface area contributed by atoms with Gasteiger partial charge in [-0.3, -0.25) is 9.59 Å². The van der Waals surface area contributed by atoms with Crippen LogP contribution in [-0.4, -0.2) is 29.8 Å². The molecule has 0 aliphatic heterocycles. The van der Waals surface area contributed by atoms with Crippen LogP contribution in [0.4, 0.5) is 5.69 Å². The molecule has 1 aliphatic rings. The fraction of sp³-hybridized carbons (Fsp3) is 0.364. The molecule has 3 rings (SSSR count). The zero-order valence-corrected chi connectivity index (χ0v) is 16.6. The molecule has 0 unspecified atom stereocenters. The van der Waals surface area contributed by atoms with Crippen LogP contribution in [0.15, 0.2) is 48.5 Å². The van der Waals surface area contributed by atoms with Gasteiger partial charge in [0.15, 0.2) is 0 Å². The Balaban J connectivity index is 1.76. The van der Waals surface area contributed by atoms with E-state index in [1.54, 1.807) is 29.2 Å². The molecule has 6 heteroatoms. The lowest BCUT2D eigenvalue weighted by Gasteiger charge is -2.25. The summed E-state index contributed by atoms with van der Waals surface area (Å²) in [6, 6.07) is 14.6. The number of nitrogens with one attached hydrogen (secondary N) is 1. The lowest BCUT2D eigenvalue weighted by molar-refractivity contribution is -0.122. The van der Waals surface area contributed by atoms with Gasteiger partial charge in [0.2, 0.25) is 5.91 Å². The third-order valence-corrected chi connectivity index (χ3v) is 5.46. The molecule has 0 radical (unpaired) electrons. The third kappa shape index (κ3) is 5.12. The van der Waals surface area contributed by atoms with Crippen molar-refractivity contribution in [2.24, 2.45) is 11.7 Å². The molecule has 0 spiro atoms. The van der Waals surface area contributed by atoms with Crippen molar-refractivity contribution in [3.05, 3.63) is 64.7 Å². The van der Waals surface area contributed by atoms with Crippen molar-refractivity contribution in [3.8, 4) is 0 Å². The number of nitrogens with two attached hydrogens (primary N) is 1. The smallest absolute Gasteiger partial charge is 0.254 e. The number of carbonyl (C=O) groups excluding carboxylic acids is 2. The maximum atomic E-state index is 12.9. The van der Waals surface area contributed by atoms with E-state index in [-0.39, 0.29) is 17.7 Å². The van der Waals surface area contributed by atoms with Gasteiger partial charge in [0.1, 0.15) is 0 Å². The van der Waals surface area contributed by atoms with Gasteiger partial charge in [-0.1, -0.05) is 36.2 Å². The Hall–Kier alpha value is -2.37. The molecular weight excluding hydrogens is 374 g/mol. The van der Waals surface area contributed by atoms with Crippen molar-refractivity contribution < 1.29 is 9.59 Å². The Bertz CT molecular complexity index is 822. The molecule has 0 saturated heterocycles. The molecule has 28 heavy (non-hydrogen) atoms. The van der Waals surface area contributed by atoms with E-state index in [0.29, 0.717) is 42.3 Å². The number of rotatable bonds is 8. The number of nitrogens with zero attached hydrogens (tertiary/aromatic N) is 1. The summed E-state index contributed by atoms with van der Waals surface area (Å²) >= 11 is 6.39. The molecule has 0 aromatic heterocycles. The second-order valence-electron chi connectivity index (χ2n) is 7.16.